The van der Waals surface area contributed by atoms with Crippen LogP contribution in [-0.4, -0.2) is 67.9 Å². The Bertz CT molecular complexity index is 823. The highest BCUT2D eigenvalue weighted by Gasteiger charge is 2.21. The van der Waals surface area contributed by atoms with E-state index < -0.39 is 0 Å². The van der Waals surface area contributed by atoms with E-state index in [2.05, 4.69) is 43.4 Å². The molecule has 29 heavy (non-hydrogen) atoms. The zero-order valence-corrected chi connectivity index (χ0v) is 18.2. The number of nitrogens with one attached hydrogen (secondary N) is 2. The van der Waals surface area contributed by atoms with Crippen LogP contribution in [0.5, 0.6) is 0 Å². The fourth-order valence-corrected chi connectivity index (χ4v) is 3.75. The lowest BCUT2D eigenvalue weighted by Gasteiger charge is -2.35. The van der Waals surface area contributed by atoms with Crippen molar-refractivity contribution in [3.63, 3.8) is 0 Å². The molecule has 0 radical (unpaired) electrons. The molecule has 6 nitrogen and oxygen atoms in total. The van der Waals surface area contributed by atoms with Crippen molar-refractivity contribution in [2.45, 2.75) is 6.04 Å². The molecule has 2 aromatic rings. The number of carbonyl (C=O) groups is 2. The second-order valence-corrected chi connectivity index (χ2v) is 8.24. The minimum absolute atomic E-state index is 0.0581. The van der Waals surface area contributed by atoms with Gasteiger partial charge in [0, 0.05) is 42.8 Å². The van der Waals surface area contributed by atoms with Crippen molar-refractivity contribution >= 4 is 27.7 Å². The lowest BCUT2D eigenvalue weighted by molar-refractivity contribution is -0.121. The molecule has 2 amide bonds. The zero-order valence-electron chi connectivity index (χ0n) is 16.6. The van der Waals surface area contributed by atoms with E-state index in [1.165, 1.54) is 0 Å². The van der Waals surface area contributed by atoms with Gasteiger partial charge < -0.3 is 15.5 Å². The van der Waals surface area contributed by atoms with Crippen LogP contribution in [0.4, 0.5) is 0 Å². The molecule has 3 rings (SSSR count). The van der Waals surface area contributed by atoms with Crippen LogP contribution in [0.3, 0.4) is 0 Å². The van der Waals surface area contributed by atoms with Crippen molar-refractivity contribution in [3.05, 3.63) is 70.2 Å². The van der Waals surface area contributed by atoms with E-state index in [0.29, 0.717) is 5.56 Å². The van der Waals surface area contributed by atoms with Crippen molar-refractivity contribution in [2.75, 3.05) is 46.3 Å². The number of halogens is 1. The van der Waals surface area contributed by atoms with Gasteiger partial charge in [0.05, 0.1) is 12.6 Å². The highest BCUT2D eigenvalue weighted by atomic mass is 79.9. The third kappa shape index (κ3) is 6.66. The van der Waals surface area contributed by atoms with Gasteiger partial charge in [0.25, 0.3) is 5.91 Å². The molecule has 0 saturated carbocycles. The molecule has 0 aliphatic carbocycles. The lowest BCUT2D eigenvalue weighted by Crippen LogP contribution is -2.48. The largest absolute Gasteiger partial charge is 0.346 e. The van der Waals surface area contributed by atoms with Crippen LogP contribution in [-0.2, 0) is 4.79 Å². The molecule has 0 spiro atoms. The van der Waals surface area contributed by atoms with Gasteiger partial charge in [0.2, 0.25) is 5.91 Å². The molecule has 2 aromatic carbocycles. The maximum Gasteiger partial charge on any atom is 0.251 e. The van der Waals surface area contributed by atoms with Crippen LogP contribution in [0.15, 0.2) is 59.1 Å². The number of amides is 2. The second-order valence-electron chi connectivity index (χ2n) is 7.33. The van der Waals surface area contributed by atoms with Crippen LogP contribution in [0.1, 0.15) is 22.0 Å². The van der Waals surface area contributed by atoms with Gasteiger partial charge in [-0.15, -0.1) is 0 Å². The molecule has 0 bridgehead atoms. The van der Waals surface area contributed by atoms with Gasteiger partial charge in [0.1, 0.15) is 0 Å². The third-order valence-electron chi connectivity index (χ3n) is 5.07. The van der Waals surface area contributed by atoms with Crippen LogP contribution < -0.4 is 10.6 Å². The zero-order chi connectivity index (χ0) is 20.6. The number of hydrogen-bond acceptors (Lipinski definition) is 4. The number of carbonyl (C=O) groups excluding carboxylic acids is 2. The fraction of sp³-hybridized carbons (Fsp3) is 0.364. The van der Waals surface area contributed by atoms with Crippen LogP contribution >= 0.6 is 15.9 Å². The molecular formula is C22H27BrN4O2. The van der Waals surface area contributed by atoms with Crippen molar-refractivity contribution in [1.29, 1.82) is 0 Å². The summed E-state index contributed by atoms with van der Waals surface area (Å²) in [5.41, 5.74) is 1.59. The van der Waals surface area contributed by atoms with Gasteiger partial charge in [-0.3, -0.25) is 14.5 Å². The number of benzene rings is 2. The Balaban J connectivity index is 1.58. The second kappa shape index (κ2) is 10.5. The summed E-state index contributed by atoms with van der Waals surface area (Å²) in [6.07, 6.45) is 0. The van der Waals surface area contributed by atoms with Gasteiger partial charge in [-0.1, -0.05) is 52.3 Å². The number of nitrogens with zero attached hydrogens (tertiary/aromatic N) is 2. The topological polar surface area (TPSA) is 64.7 Å². The van der Waals surface area contributed by atoms with Gasteiger partial charge in [-0.2, -0.15) is 0 Å². The van der Waals surface area contributed by atoms with Gasteiger partial charge >= 0.3 is 0 Å². The first-order valence-electron chi connectivity index (χ1n) is 9.80. The summed E-state index contributed by atoms with van der Waals surface area (Å²) >= 11 is 3.35. The quantitative estimate of drug-likeness (QED) is 0.667. The number of piperazine rings is 1. The van der Waals surface area contributed by atoms with Crippen LogP contribution in [0.25, 0.3) is 0 Å². The Morgan fingerprint density at radius 3 is 2.45 bits per heavy atom. The van der Waals surface area contributed by atoms with Crippen molar-refractivity contribution in [2.24, 2.45) is 0 Å². The van der Waals surface area contributed by atoms with E-state index in [9.17, 15) is 9.59 Å². The van der Waals surface area contributed by atoms with Crippen LogP contribution in [0, 0.1) is 0 Å². The summed E-state index contributed by atoms with van der Waals surface area (Å²) < 4.78 is 0.825. The Hall–Kier alpha value is -2.22. The number of hydrogen-bond donors (Lipinski definition) is 2. The molecule has 1 aliphatic heterocycles. The van der Waals surface area contributed by atoms with Crippen molar-refractivity contribution < 1.29 is 9.59 Å². The predicted molar refractivity (Wildman–Crippen MR) is 118 cm³/mol. The van der Waals surface area contributed by atoms with E-state index in [1.807, 2.05) is 36.4 Å². The molecule has 1 atom stereocenters. The maximum atomic E-state index is 12.6. The Labute approximate surface area is 180 Å². The first kappa shape index (κ1) is 21.5. The van der Waals surface area contributed by atoms with E-state index >= 15 is 0 Å². The molecular weight excluding hydrogens is 432 g/mol. The SMILES string of the molecule is CN1CCN(CC(NC(=O)CNC(=O)c2cccc(Br)c2)c2ccccc2)CC1. The highest BCUT2D eigenvalue weighted by Crippen LogP contribution is 2.15. The molecule has 7 heteroatoms. The Kier molecular flexibility index (Phi) is 7.80. The van der Waals surface area contributed by atoms with E-state index in [-0.39, 0.29) is 24.4 Å². The highest BCUT2D eigenvalue weighted by molar-refractivity contribution is 9.10. The normalized spacial score (nSPS) is 16.2. The molecule has 0 aromatic heterocycles. The monoisotopic (exact) mass is 458 g/mol. The minimum Gasteiger partial charge on any atom is -0.346 e. The Morgan fingerprint density at radius 1 is 1.03 bits per heavy atom. The molecule has 1 saturated heterocycles. The predicted octanol–water partition coefficient (Wildman–Crippen LogP) is 2.28. The van der Waals surface area contributed by atoms with Gasteiger partial charge in [-0.05, 0) is 30.8 Å². The standard InChI is InChI=1S/C22H27BrN4O2/c1-26-10-12-27(13-11-26)16-20(17-6-3-2-4-7-17)25-21(28)15-24-22(29)18-8-5-9-19(23)14-18/h2-9,14,20H,10-13,15-16H2,1H3,(H,24,29)(H,25,28). The van der Waals surface area contributed by atoms with E-state index in [0.717, 1.165) is 42.8 Å². The van der Waals surface area contributed by atoms with Crippen molar-refractivity contribution in [1.82, 2.24) is 20.4 Å². The van der Waals surface area contributed by atoms with E-state index in [4.69, 9.17) is 0 Å². The average Bonchev–Trinajstić information content (AvgIpc) is 2.73. The summed E-state index contributed by atoms with van der Waals surface area (Å²) in [6.45, 7) is 4.71. The van der Waals surface area contributed by atoms with Crippen LogP contribution in [0.2, 0.25) is 0 Å². The third-order valence-corrected chi connectivity index (χ3v) is 5.56. The summed E-state index contributed by atoms with van der Waals surface area (Å²) in [5.74, 6) is -0.465. The molecule has 2 N–H and O–H groups in total. The van der Waals surface area contributed by atoms with Gasteiger partial charge in [-0.25, -0.2) is 0 Å². The maximum absolute atomic E-state index is 12.6. The summed E-state index contributed by atoms with van der Waals surface area (Å²) in [5, 5.41) is 5.79. The summed E-state index contributed by atoms with van der Waals surface area (Å²) in [7, 11) is 2.13. The molecule has 1 fully saturated rings. The fourth-order valence-electron chi connectivity index (χ4n) is 3.35. The first-order chi connectivity index (χ1) is 14.0. The summed E-state index contributed by atoms with van der Waals surface area (Å²) in [6, 6.07) is 17.0. The van der Waals surface area contributed by atoms with Gasteiger partial charge in [0.15, 0.2) is 0 Å². The summed E-state index contributed by atoms with van der Waals surface area (Å²) in [4.78, 5) is 29.5. The molecule has 1 unspecified atom stereocenters. The molecule has 1 aliphatic rings. The number of likely N-dealkylation sites (N-methyl/N-ethyl adjacent to an activating group) is 1. The van der Waals surface area contributed by atoms with Crippen molar-refractivity contribution in [3.8, 4) is 0 Å². The Morgan fingerprint density at radius 2 is 1.76 bits per heavy atom. The molecule has 154 valence electrons. The first-order valence-corrected chi connectivity index (χ1v) is 10.6. The molecule has 1 heterocycles. The smallest absolute Gasteiger partial charge is 0.251 e. The minimum atomic E-state index is -0.267. The van der Waals surface area contributed by atoms with E-state index in [1.54, 1.807) is 18.2 Å². The number of rotatable bonds is 7. The average molecular weight is 459 g/mol. The lowest BCUT2D eigenvalue weighted by atomic mass is 10.1.